The van der Waals surface area contributed by atoms with Crippen molar-refractivity contribution in [3.8, 4) is 11.5 Å². The Hall–Kier alpha value is -1.59. The number of aliphatic hydroxyl groups excluding tert-OH is 1. The molecule has 2 atom stereocenters. The number of benzene rings is 1. The minimum atomic E-state index is -0.508. The number of nitrogen functional groups attached to an aromatic ring is 1. The fraction of sp³-hybridized carbons (Fsp3) is 0.667. The average Bonchev–Trinajstić information content (AvgIpc) is 3.16. The predicted molar refractivity (Wildman–Crippen MR) is 117 cm³/mol. The van der Waals surface area contributed by atoms with Crippen molar-refractivity contribution in [3.63, 3.8) is 0 Å². The van der Waals surface area contributed by atoms with Crippen LogP contribution in [0.3, 0.4) is 0 Å². The summed E-state index contributed by atoms with van der Waals surface area (Å²) >= 11 is 3.42. The Labute approximate surface area is 190 Å². The number of fused-ring (bicyclic) bond motifs is 1. The molecule has 3 aliphatic heterocycles. The van der Waals surface area contributed by atoms with Gasteiger partial charge in [-0.15, -0.1) is 0 Å². The molecule has 10 heteroatoms. The molecule has 0 unspecified atom stereocenters. The molecule has 31 heavy (non-hydrogen) atoms. The van der Waals surface area contributed by atoms with Crippen LogP contribution in [0.4, 0.5) is 5.69 Å². The highest BCUT2D eigenvalue weighted by molar-refractivity contribution is 9.10. The molecule has 1 amide bonds. The van der Waals surface area contributed by atoms with E-state index >= 15 is 0 Å². The summed E-state index contributed by atoms with van der Waals surface area (Å²) in [5.74, 6) is 0.572. The molecule has 0 radical (unpaired) electrons. The predicted octanol–water partition coefficient (Wildman–Crippen LogP) is 1.37. The molecule has 1 aromatic carbocycles. The maximum atomic E-state index is 12.9. The van der Waals surface area contributed by atoms with E-state index in [1.165, 1.54) is 0 Å². The number of carbonyl (C=O) groups is 1. The van der Waals surface area contributed by atoms with Crippen molar-refractivity contribution in [1.29, 1.82) is 0 Å². The number of anilines is 1. The Morgan fingerprint density at radius 2 is 1.97 bits per heavy atom. The van der Waals surface area contributed by atoms with Gasteiger partial charge in [-0.25, -0.2) is 0 Å². The van der Waals surface area contributed by atoms with Crippen molar-refractivity contribution in [2.24, 2.45) is 5.92 Å². The maximum absolute atomic E-state index is 12.9. The number of carbonyl (C=O) groups excluding carboxylic acids is 1. The molecule has 0 bridgehead atoms. The summed E-state index contributed by atoms with van der Waals surface area (Å²) in [5.41, 5.74) is 6.82. The summed E-state index contributed by atoms with van der Waals surface area (Å²) in [6.07, 6.45) is 1.69. The first-order valence-electron chi connectivity index (χ1n) is 10.8. The fourth-order valence-corrected chi connectivity index (χ4v) is 4.56. The maximum Gasteiger partial charge on any atom is 0.255 e. The van der Waals surface area contributed by atoms with Crippen LogP contribution in [0.15, 0.2) is 10.5 Å². The summed E-state index contributed by atoms with van der Waals surface area (Å²) in [6, 6.07) is 1.60. The highest BCUT2D eigenvalue weighted by Gasteiger charge is 2.30. The lowest BCUT2D eigenvalue weighted by atomic mass is 9.93. The summed E-state index contributed by atoms with van der Waals surface area (Å²) in [4.78, 5) is 15.1. The summed E-state index contributed by atoms with van der Waals surface area (Å²) in [5, 5.41) is 13.5. The minimum Gasteiger partial charge on any atom is -0.489 e. The first kappa shape index (κ1) is 22.6. The zero-order valence-electron chi connectivity index (χ0n) is 17.5. The Morgan fingerprint density at radius 1 is 1.23 bits per heavy atom. The lowest BCUT2D eigenvalue weighted by molar-refractivity contribution is -0.0576. The topological polar surface area (TPSA) is 116 Å². The summed E-state index contributed by atoms with van der Waals surface area (Å²) < 4.78 is 23.1. The highest BCUT2D eigenvalue weighted by atomic mass is 79.9. The molecule has 3 aliphatic rings. The van der Waals surface area contributed by atoms with Crippen LogP contribution in [0, 0.1) is 5.92 Å². The van der Waals surface area contributed by atoms with Crippen molar-refractivity contribution < 1.29 is 28.8 Å². The third-order valence-corrected chi connectivity index (χ3v) is 6.75. The van der Waals surface area contributed by atoms with Gasteiger partial charge in [0, 0.05) is 38.4 Å². The number of ether oxygens (including phenoxy) is 4. The number of piperidine rings is 1. The first-order chi connectivity index (χ1) is 15.0. The largest absolute Gasteiger partial charge is 0.489 e. The number of hydrogen-bond donors (Lipinski definition) is 3. The number of β-amino-alcohol motifs (C(OH)–C–C–N with tert-alkyl or cyclic N) is 1. The molecule has 3 heterocycles. The number of nitrogens with one attached hydrogen (secondary N) is 1. The molecule has 9 nitrogen and oxygen atoms in total. The normalized spacial score (nSPS) is 24.7. The van der Waals surface area contributed by atoms with Gasteiger partial charge in [-0.3, -0.25) is 4.79 Å². The van der Waals surface area contributed by atoms with E-state index in [0.29, 0.717) is 66.7 Å². The van der Waals surface area contributed by atoms with Crippen LogP contribution in [-0.2, 0) is 9.47 Å². The average molecular weight is 500 g/mol. The molecule has 4 N–H and O–H groups in total. The molecule has 4 rings (SSSR count). The minimum absolute atomic E-state index is 0.0113. The van der Waals surface area contributed by atoms with Gasteiger partial charge < -0.3 is 40.0 Å². The number of nitrogens with zero attached hydrogens (tertiary/aromatic N) is 1. The van der Waals surface area contributed by atoms with Crippen LogP contribution < -0.4 is 20.5 Å². The monoisotopic (exact) mass is 499 g/mol. The smallest absolute Gasteiger partial charge is 0.255 e. The van der Waals surface area contributed by atoms with E-state index in [4.69, 9.17) is 24.7 Å². The van der Waals surface area contributed by atoms with Gasteiger partial charge in [-0.2, -0.15) is 0 Å². The van der Waals surface area contributed by atoms with E-state index in [1.54, 1.807) is 6.07 Å². The molecule has 1 aromatic rings. The third kappa shape index (κ3) is 5.43. The van der Waals surface area contributed by atoms with Crippen LogP contribution in [0.2, 0.25) is 0 Å². The van der Waals surface area contributed by atoms with E-state index in [1.807, 2.05) is 0 Å². The van der Waals surface area contributed by atoms with Gasteiger partial charge in [-0.1, -0.05) is 0 Å². The van der Waals surface area contributed by atoms with Crippen molar-refractivity contribution in [2.45, 2.75) is 31.7 Å². The number of halogens is 1. The molecule has 2 fully saturated rings. The van der Waals surface area contributed by atoms with Crippen molar-refractivity contribution >= 4 is 27.5 Å². The van der Waals surface area contributed by atoms with E-state index in [2.05, 4.69) is 26.1 Å². The summed E-state index contributed by atoms with van der Waals surface area (Å²) in [7, 11) is 0. The Bertz CT molecular complexity index is 789. The number of aliphatic hydroxyl groups is 1. The molecule has 0 spiro atoms. The van der Waals surface area contributed by atoms with Gasteiger partial charge >= 0.3 is 0 Å². The van der Waals surface area contributed by atoms with E-state index in [-0.39, 0.29) is 18.1 Å². The lowest BCUT2D eigenvalue weighted by Crippen LogP contribution is -2.48. The van der Waals surface area contributed by atoms with Gasteiger partial charge in [0.05, 0.1) is 48.3 Å². The van der Waals surface area contributed by atoms with Crippen LogP contribution in [0.5, 0.6) is 11.5 Å². The number of hydrogen-bond acceptors (Lipinski definition) is 8. The number of likely N-dealkylation sites (tertiary alicyclic amines) is 1. The molecule has 0 saturated carbocycles. The number of nitrogens with two attached hydrogens (primary N) is 1. The quantitative estimate of drug-likeness (QED) is 0.502. The van der Waals surface area contributed by atoms with E-state index in [0.717, 1.165) is 32.4 Å². The molecular weight excluding hydrogens is 470 g/mol. The van der Waals surface area contributed by atoms with Crippen molar-refractivity contribution in [1.82, 2.24) is 10.2 Å². The lowest BCUT2D eigenvalue weighted by Gasteiger charge is -2.36. The Kier molecular flexibility index (Phi) is 7.55. The van der Waals surface area contributed by atoms with E-state index in [9.17, 15) is 9.90 Å². The molecule has 172 valence electrons. The Balaban J connectivity index is 1.31. The number of rotatable bonds is 6. The molecular formula is C21H30BrN3O6. The zero-order chi connectivity index (χ0) is 21.8. The van der Waals surface area contributed by atoms with Crippen molar-refractivity contribution in [2.75, 3.05) is 58.3 Å². The van der Waals surface area contributed by atoms with Crippen LogP contribution in [0.25, 0.3) is 0 Å². The first-order valence-corrected chi connectivity index (χ1v) is 11.6. The zero-order valence-corrected chi connectivity index (χ0v) is 19.1. The van der Waals surface area contributed by atoms with Gasteiger partial charge in [0.25, 0.3) is 5.91 Å². The van der Waals surface area contributed by atoms with E-state index < -0.39 is 6.10 Å². The highest BCUT2D eigenvalue weighted by Crippen LogP contribution is 2.43. The standard InChI is InChI=1S/C21H30BrN3O6/c22-18-15(23)10-14(19-20(18)31-7-1-6-30-19)21(27)24-11-13-2-4-25(12-16(13)26)5-3-17-28-8-9-29-17/h10,13,16-17,26H,1-9,11-12,23H2,(H,24,27)/t13-,16+/m0/s1. The van der Waals surface area contributed by atoms with Crippen LogP contribution in [-0.4, -0.2) is 80.9 Å². The molecule has 0 aromatic heterocycles. The molecule has 0 aliphatic carbocycles. The Morgan fingerprint density at radius 3 is 2.71 bits per heavy atom. The fourth-order valence-electron chi connectivity index (χ4n) is 4.15. The number of amides is 1. The SMILES string of the molecule is Nc1cc(C(=O)NC[C@@H]2CCN(CCC3OCCO3)C[C@H]2O)c2c(c1Br)OCCCO2. The van der Waals surface area contributed by atoms with Crippen LogP contribution in [0.1, 0.15) is 29.6 Å². The third-order valence-electron chi connectivity index (χ3n) is 5.93. The van der Waals surface area contributed by atoms with Gasteiger partial charge in [0.15, 0.2) is 17.8 Å². The second-order valence-corrected chi connectivity index (χ2v) is 8.92. The van der Waals surface area contributed by atoms with Gasteiger partial charge in [-0.05, 0) is 35.0 Å². The molecule has 2 saturated heterocycles. The van der Waals surface area contributed by atoms with Gasteiger partial charge in [0.1, 0.15) is 0 Å². The second kappa shape index (κ2) is 10.4. The summed E-state index contributed by atoms with van der Waals surface area (Å²) in [6.45, 7) is 4.92. The van der Waals surface area contributed by atoms with Gasteiger partial charge in [0.2, 0.25) is 0 Å². The van der Waals surface area contributed by atoms with Crippen LogP contribution >= 0.6 is 15.9 Å². The van der Waals surface area contributed by atoms with Crippen molar-refractivity contribution in [3.05, 3.63) is 16.1 Å². The second-order valence-electron chi connectivity index (χ2n) is 8.12.